The number of carbonyl (C=O) groups excluding carboxylic acids is 1. The first-order chi connectivity index (χ1) is 6.79. The van der Waals surface area contributed by atoms with Crippen LogP contribution in [-0.2, 0) is 4.79 Å². The molecule has 1 N–H and O–H groups in total. The Morgan fingerprint density at radius 3 is 2.79 bits per heavy atom. The van der Waals surface area contributed by atoms with E-state index in [4.69, 9.17) is 0 Å². The minimum absolute atomic E-state index is 0.200. The van der Waals surface area contributed by atoms with E-state index in [0.29, 0.717) is 13.0 Å². The summed E-state index contributed by atoms with van der Waals surface area (Å²) >= 11 is 0. The van der Waals surface area contributed by atoms with Crippen molar-refractivity contribution < 1.29 is 4.79 Å². The van der Waals surface area contributed by atoms with Crippen LogP contribution in [0.15, 0.2) is 37.7 Å². The van der Waals surface area contributed by atoms with E-state index in [1.807, 2.05) is 12.1 Å². The van der Waals surface area contributed by atoms with Crippen LogP contribution in [-0.4, -0.2) is 17.3 Å². The maximum Gasteiger partial charge on any atom is 0.131 e. The van der Waals surface area contributed by atoms with Crippen LogP contribution < -0.4 is 5.32 Å². The molecule has 0 radical (unpaired) electrons. The highest BCUT2D eigenvalue weighted by Gasteiger charge is 1.92. The Morgan fingerprint density at radius 1 is 1.57 bits per heavy atom. The number of hydrogen-bond donors (Lipinski definition) is 1. The summed E-state index contributed by atoms with van der Waals surface area (Å²) in [5, 5.41) is 3.09. The van der Waals surface area contributed by atoms with Crippen molar-refractivity contribution >= 4 is 11.5 Å². The van der Waals surface area contributed by atoms with E-state index in [2.05, 4.69) is 23.5 Å². The summed E-state index contributed by atoms with van der Waals surface area (Å²) in [6.07, 6.45) is 4.02. The number of nitrogens with one attached hydrogen (secondary N) is 1. The number of pyridine rings is 1. The van der Waals surface area contributed by atoms with E-state index < -0.39 is 0 Å². The SMILES string of the molecule is C=C.CC(=O)CCNc1cccnc1. The predicted octanol–water partition coefficient (Wildman–Crippen LogP) is 2.27. The first kappa shape index (κ1) is 12.4. The van der Waals surface area contributed by atoms with Crippen LogP contribution >= 0.6 is 0 Å². The van der Waals surface area contributed by atoms with E-state index in [9.17, 15) is 4.79 Å². The third-order valence-corrected chi connectivity index (χ3v) is 1.47. The lowest BCUT2D eigenvalue weighted by Crippen LogP contribution is -2.05. The number of Topliss-reactive ketones (excluding diaryl/α,β-unsaturated/α-hetero) is 1. The van der Waals surface area contributed by atoms with Gasteiger partial charge in [-0.25, -0.2) is 0 Å². The van der Waals surface area contributed by atoms with Gasteiger partial charge in [-0.15, -0.1) is 13.2 Å². The summed E-state index contributed by atoms with van der Waals surface area (Å²) in [7, 11) is 0. The monoisotopic (exact) mass is 192 g/mol. The molecule has 1 aromatic rings. The van der Waals surface area contributed by atoms with Gasteiger partial charge in [0.1, 0.15) is 5.78 Å². The molecule has 3 heteroatoms. The zero-order valence-electron chi connectivity index (χ0n) is 8.49. The molecule has 0 saturated carbocycles. The Balaban J connectivity index is 0.000000791. The van der Waals surface area contributed by atoms with Gasteiger partial charge in [-0.05, 0) is 19.1 Å². The minimum Gasteiger partial charge on any atom is -0.383 e. The number of ketones is 1. The number of carbonyl (C=O) groups is 1. The average Bonchev–Trinajstić information content (AvgIpc) is 2.22. The molecule has 3 nitrogen and oxygen atoms in total. The molecule has 0 aromatic carbocycles. The van der Waals surface area contributed by atoms with Crippen molar-refractivity contribution in [3.05, 3.63) is 37.7 Å². The second kappa shape index (κ2) is 7.98. The van der Waals surface area contributed by atoms with Gasteiger partial charge in [-0.1, -0.05) is 0 Å². The van der Waals surface area contributed by atoms with Crippen LogP contribution in [0.5, 0.6) is 0 Å². The third kappa shape index (κ3) is 5.94. The fourth-order valence-electron chi connectivity index (χ4n) is 0.850. The standard InChI is InChI=1S/C9H12N2O.C2H4/c1-8(12)4-6-11-9-3-2-5-10-7-9;1-2/h2-3,5,7,11H,4,6H2,1H3;1-2H2. The van der Waals surface area contributed by atoms with E-state index in [1.54, 1.807) is 19.3 Å². The van der Waals surface area contributed by atoms with Gasteiger partial charge >= 0.3 is 0 Å². The smallest absolute Gasteiger partial charge is 0.131 e. The van der Waals surface area contributed by atoms with Crippen LogP contribution in [0.4, 0.5) is 5.69 Å². The zero-order chi connectivity index (χ0) is 10.8. The molecule has 0 amide bonds. The van der Waals surface area contributed by atoms with Crippen molar-refractivity contribution in [2.24, 2.45) is 0 Å². The lowest BCUT2D eigenvalue weighted by Gasteiger charge is -2.02. The van der Waals surface area contributed by atoms with Crippen LogP contribution in [0.1, 0.15) is 13.3 Å². The number of hydrogen-bond acceptors (Lipinski definition) is 3. The van der Waals surface area contributed by atoms with E-state index >= 15 is 0 Å². The van der Waals surface area contributed by atoms with Crippen LogP contribution in [0.25, 0.3) is 0 Å². The fourth-order valence-corrected chi connectivity index (χ4v) is 0.850. The molecule has 0 saturated heterocycles. The van der Waals surface area contributed by atoms with E-state index in [-0.39, 0.29) is 5.78 Å². The lowest BCUT2D eigenvalue weighted by atomic mass is 10.3. The molecule has 14 heavy (non-hydrogen) atoms. The first-order valence-electron chi connectivity index (χ1n) is 4.42. The molecule has 1 rings (SSSR count). The molecule has 0 bridgehead atoms. The van der Waals surface area contributed by atoms with Crippen molar-refractivity contribution in [2.75, 3.05) is 11.9 Å². The number of anilines is 1. The maximum absolute atomic E-state index is 10.6. The quantitative estimate of drug-likeness (QED) is 0.744. The van der Waals surface area contributed by atoms with Gasteiger partial charge in [0.05, 0.1) is 5.69 Å². The molecule has 0 aliphatic rings. The largest absolute Gasteiger partial charge is 0.383 e. The van der Waals surface area contributed by atoms with Crippen molar-refractivity contribution in [1.29, 1.82) is 0 Å². The van der Waals surface area contributed by atoms with Gasteiger partial charge < -0.3 is 5.32 Å². The summed E-state index contributed by atoms with van der Waals surface area (Å²) < 4.78 is 0. The second-order valence-corrected chi connectivity index (χ2v) is 2.62. The van der Waals surface area contributed by atoms with Gasteiger partial charge in [-0.3, -0.25) is 9.78 Å². The zero-order valence-corrected chi connectivity index (χ0v) is 8.49. The summed E-state index contributed by atoms with van der Waals surface area (Å²) in [5.41, 5.74) is 0.957. The molecule has 0 spiro atoms. The topological polar surface area (TPSA) is 42.0 Å². The van der Waals surface area contributed by atoms with E-state index in [1.165, 1.54) is 0 Å². The molecule has 0 aliphatic heterocycles. The maximum atomic E-state index is 10.6. The van der Waals surface area contributed by atoms with Crippen LogP contribution in [0, 0.1) is 0 Å². The highest BCUT2D eigenvalue weighted by Crippen LogP contribution is 2.01. The molecule has 0 atom stereocenters. The van der Waals surface area contributed by atoms with Gasteiger partial charge in [0.2, 0.25) is 0 Å². The third-order valence-electron chi connectivity index (χ3n) is 1.47. The Labute approximate surface area is 84.9 Å². The Hall–Kier alpha value is -1.64. The Kier molecular flexibility index (Phi) is 7.05. The predicted molar refractivity (Wildman–Crippen MR) is 59.3 cm³/mol. The normalized spacial score (nSPS) is 8.36. The molecular weight excluding hydrogens is 176 g/mol. The molecule has 0 fully saturated rings. The summed E-state index contributed by atoms with van der Waals surface area (Å²) in [5.74, 6) is 0.200. The molecule has 1 aromatic heterocycles. The summed E-state index contributed by atoms with van der Waals surface area (Å²) in [6, 6.07) is 3.78. The van der Waals surface area contributed by atoms with Crippen molar-refractivity contribution in [1.82, 2.24) is 4.98 Å². The lowest BCUT2D eigenvalue weighted by molar-refractivity contribution is -0.116. The summed E-state index contributed by atoms with van der Waals surface area (Å²) in [4.78, 5) is 14.5. The van der Waals surface area contributed by atoms with Gasteiger partial charge in [0.25, 0.3) is 0 Å². The minimum atomic E-state index is 0.200. The average molecular weight is 192 g/mol. The Morgan fingerprint density at radius 2 is 2.29 bits per heavy atom. The molecule has 0 aliphatic carbocycles. The first-order valence-corrected chi connectivity index (χ1v) is 4.42. The van der Waals surface area contributed by atoms with Crippen LogP contribution in [0.3, 0.4) is 0 Å². The van der Waals surface area contributed by atoms with Gasteiger partial charge in [-0.2, -0.15) is 0 Å². The van der Waals surface area contributed by atoms with Gasteiger partial charge in [0.15, 0.2) is 0 Å². The number of rotatable bonds is 4. The molecule has 1 heterocycles. The second-order valence-electron chi connectivity index (χ2n) is 2.62. The molecule has 76 valence electrons. The van der Waals surface area contributed by atoms with Crippen LogP contribution in [0.2, 0.25) is 0 Å². The Bertz CT molecular complexity index is 259. The number of aromatic nitrogens is 1. The van der Waals surface area contributed by atoms with E-state index in [0.717, 1.165) is 5.69 Å². The fraction of sp³-hybridized carbons (Fsp3) is 0.273. The highest BCUT2D eigenvalue weighted by molar-refractivity contribution is 5.75. The summed E-state index contributed by atoms with van der Waals surface area (Å²) in [6.45, 7) is 8.27. The van der Waals surface area contributed by atoms with Crippen molar-refractivity contribution in [3.63, 3.8) is 0 Å². The highest BCUT2D eigenvalue weighted by atomic mass is 16.1. The van der Waals surface area contributed by atoms with Crippen molar-refractivity contribution in [3.8, 4) is 0 Å². The molecular formula is C11H16N2O. The molecule has 0 unspecified atom stereocenters. The number of nitrogens with zero attached hydrogens (tertiary/aromatic N) is 1. The van der Waals surface area contributed by atoms with Crippen molar-refractivity contribution in [2.45, 2.75) is 13.3 Å². The van der Waals surface area contributed by atoms with Gasteiger partial charge in [0, 0.05) is 25.4 Å².